The highest BCUT2D eigenvalue weighted by atomic mass is 35.5. The van der Waals surface area contributed by atoms with Gasteiger partial charge >= 0.3 is 6.18 Å². The zero-order chi connectivity index (χ0) is 16.3. The summed E-state index contributed by atoms with van der Waals surface area (Å²) in [4.78, 5) is 11.9. The Balaban J connectivity index is 0.00000264. The molecule has 0 spiro atoms. The molecule has 0 saturated heterocycles. The molecule has 2 N–H and O–H groups in total. The molecule has 0 bridgehead atoms. The molecule has 1 aromatic carbocycles. The maximum atomic E-state index is 12.6. The number of hydrogen-bond donors (Lipinski definition) is 2. The molecule has 0 saturated carbocycles. The fourth-order valence-corrected chi connectivity index (χ4v) is 1.92. The van der Waals surface area contributed by atoms with E-state index in [-0.39, 0.29) is 35.4 Å². The Bertz CT molecular complexity index is 709. The van der Waals surface area contributed by atoms with Gasteiger partial charge in [-0.25, -0.2) is 0 Å². The lowest BCUT2D eigenvalue weighted by molar-refractivity contribution is -0.684. The highest BCUT2D eigenvalue weighted by molar-refractivity contribution is 6.33. The minimum Gasteiger partial charge on any atom is -1.00 e. The average molecular weight is 367 g/mol. The van der Waals surface area contributed by atoms with Gasteiger partial charge in [-0.05, 0) is 24.3 Å². The summed E-state index contributed by atoms with van der Waals surface area (Å²) in [5.74, 6) is -0.607. The van der Waals surface area contributed by atoms with Crippen molar-refractivity contribution in [1.82, 2.24) is 0 Å². The molecule has 1 amide bonds. The number of alkyl halides is 3. The smallest absolute Gasteiger partial charge is 0.416 e. The van der Waals surface area contributed by atoms with Crippen molar-refractivity contribution in [3.63, 3.8) is 0 Å². The summed E-state index contributed by atoms with van der Waals surface area (Å²) >= 11 is 5.79. The standard InChI is InChI=1S/C14H10ClF3N2O2.ClH/c15-11-4-3-9(14(16,17)18)6-12(11)19-13(22)8-20-5-1-2-10(21)7-20;/h1-7H,8H2,(H-,19,21,22);1H. The van der Waals surface area contributed by atoms with E-state index in [2.05, 4.69) is 5.32 Å². The van der Waals surface area contributed by atoms with Crippen LogP contribution in [-0.2, 0) is 17.5 Å². The maximum Gasteiger partial charge on any atom is 0.416 e. The van der Waals surface area contributed by atoms with Gasteiger partial charge in [0.05, 0.1) is 16.3 Å². The number of carbonyl (C=O) groups is 1. The van der Waals surface area contributed by atoms with E-state index in [1.54, 1.807) is 0 Å². The van der Waals surface area contributed by atoms with Crippen molar-refractivity contribution >= 4 is 23.2 Å². The van der Waals surface area contributed by atoms with Crippen molar-refractivity contribution in [1.29, 1.82) is 0 Å². The zero-order valence-electron chi connectivity index (χ0n) is 11.4. The summed E-state index contributed by atoms with van der Waals surface area (Å²) < 4.78 is 39.3. The molecule has 9 heteroatoms. The second kappa shape index (κ2) is 7.52. The Morgan fingerprint density at radius 2 is 2.00 bits per heavy atom. The van der Waals surface area contributed by atoms with E-state index in [9.17, 15) is 23.1 Å². The third-order valence-electron chi connectivity index (χ3n) is 2.74. The molecular weight excluding hydrogens is 356 g/mol. The Hall–Kier alpha value is -1.99. The van der Waals surface area contributed by atoms with Crippen LogP contribution in [0, 0.1) is 0 Å². The van der Waals surface area contributed by atoms with Crippen molar-refractivity contribution in [3.05, 3.63) is 53.3 Å². The van der Waals surface area contributed by atoms with Gasteiger partial charge in [0.25, 0.3) is 5.91 Å². The topological polar surface area (TPSA) is 53.2 Å². The van der Waals surface area contributed by atoms with E-state index in [1.807, 2.05) is 0 Å². The lowest BCUT2D eigenvalue weighted by Crippen LogP contribution is -3.00. The number of hydrogen-bond acceptors (Lipinski definition) is 2. The number of carbonyl (C=O) groups excluding carboxylic acids is 1. The van der Waals surface area contributed by atoms with Gasteiger partial charge in [-0.3, -0.25) is 4.79 Å². The molecule has 0 fully saturated rings. The summed E-state index contributed by atoms with van der Waals surface area (Å²) in [6, 6.07) is 5.63. The van der Waals surface area contributed by atoms with Crippen LogP contribution >= 0.6 is 11.6 Å². The van der Waals surface area contributed by atoms with Crippen LogP contribution in [0.4, 0.5) is 18.9 Å². The van der Waals surface area contributed by atoms with Crippen LogP contribution in [0.25, 0.3) is 0 Å². The molecule has 0 unspecified atom stereocenters. The van der Waals surface area contributed by atoms with Gasteiger partial charge in [0.15, 0.2) is 11.9 Å². The first-order valence-electron chi connectivity index (χ1n) is 6.10. The van der Waals surface area contributed by atoms with Gasteiger partial charge in [0.2, 0.25) is 12.7 Å². The van der Waals surface area contributed by atoms with E-state index in [0.29, 0.717) is 0 Å². The number of benzene rings is 1. The Morgan fingerprint density at radius 1 is 1.30 bits per heavy atom. The predicted octanol–water partition coefficient (Wildman–Crippen LogP) is -0.00540. The van der Waals surface area contributed by atoms with Gasteiger partial charge in [-0.1, -0.05) is 11.6 Å². The largest absolute Gasteiger partial charge is 1.00 e. The first-order valence-corrected chi connectivity index (χ1v) is 6.48. The van der Waals surface area contributed by atoms with Crippen LogP contribution in [0.3, 0.4) is 0 Å². The molecule has 1 heterocycles. The van der Waals surface area contributed by atoms with Gasteiger partial charge in [0.1, 0.15) is 0 Å². The minimum atomic E-state index is -4.52. The van der Waals surface area contributed by atoms with E-state index in [4.69, 9.17) is 11.6 Å². The van der Waals surface area contributed by atoms with Crippen LogP contribution in [0.15, 0.2) is 42.7 Å². The second-order valence-electron chi connectivity index (χ2n) is 4.48. The molecule has 4 nitrogen and oxygen atoms in total. The highest BCUT2D eigenvalue weighted by Gasteiger charge is 2.31. The molecule has 124 valence electrons. The van der Waals surface area contributed by atoms with Crippen LogP contribution in [0.5, 0.6) is 5.75 Å². The predicted molar refractivity (Wildman–Crippen MR) is 73.4 cm³/mol. The number of halogens is 5. The zero-order valence-corrected chi connectivity index (χ0v) is 13.0. The van der Waals surface area contributed by atoms with Crippen molar-refractivity contribution < 1.29 is 40.0 Å². The van der Waals surface area contributed by atoms with Crippen LogP contribution in [0.1, 0.15) is 5.56 Å². The van der Waals surface area contributed by atoms with Gasteiger partial charge in [-0.15, -0.1) is 0 Å². The molecule has 0 atom stereocenters. The average Bonchev–Trinajstić information content (AvgIpc) is 2.40. The number of aromatic hydroxyl groups is 1. The molecule has 0 aliphatic heterocycles. The molecule has 2 aromatic rings. The number of nitrogens with zero attached hydrogens (tertiary/aromatic N) is 1. The summed E-state index contributed by atoms with van der Waals surface area (Å²) in [5.41, 5.74) is -1.03. The lowest BCUT2D eigenvalue weighted by atomic mass is 10.2. The van der Waals surface area contributed by atoms with Crippen molar-refractivity contribution in [2.45, 2.75) is 12.7 Å². The molecule has 0 aliphatic rings. The SMILES string of the molecule is O=C(C[n+]1cccc(O)c1)Nc1cc(C(F)(F)F)ccc1Cl.[Cl-]. The van der Waals surface area contributed by atoms with Crippen molar-refractivity contribution in [2.24, 2.45) is 0 Å². The number of pyridine rings is 1. The first-order chi connectivity index (χ1) is 10.3. The molecule has 0 aliphatic carbocycles. The van der Waals surface area contributed by atoms with Crippen LogP contribution < -0.4 is 22.3 Å². The van der Waals surface area contributed by atoms with E-state index >= 15 is 0 Å². The minimum absolute atomic E-state index is 0. The number of amides is 1. The number of nitrogens with one attached hydrogen (secondary N) is 1. The Morgan fingerprint density at radius 3 is 2.61 bits per heavy atom. The van der Waals surface area contributed by atoms with E-state index in [0.717, 1.165) is 18.2 Å². The molecular formula is C14H11Cl2F3N2O2. The van der Waals surface area contributed by atoms with Gasteiger partial charge in [0, 0.05) is 6.07 Å². The molecule has 0 radical (unpaired) electrons. The summed E-state index contributed by atoms with van der Waals surface area (Å²) in [5, 5.41) is 11.6. The fraction of sp³-hybridized carbons (Fsp3) is 0.143. The second-order valence-corrected chi connectivity index (χ2v) is 4.88. The van der Waals surface area contributed by atoms with E-state index < -0.39 is 17.6 Å². The van der Waals surface area contributed by atoms with E-state index in [1.165, 1.54) is 29.1 Å². The third-order valence-corrected chi connectivity index (χ3v) is 3.07. The van der Waals surface area contributed by atoms with Crippen molar-refractivity contribution in [2.75, 3.05) is 5.32 Å². The van der Waals surface area contributed by atoms with Gasteiger partial charge in [-0.2, -0.15) is 17.7 Å². The van der Waals surface area contributed by atoms with Crippen LogP contribution in [-0.4, -0.2) is 11.0 Å². The van der Waals surface area contributed by atoms with Crippen molar-refractivity contribution in [3.8, 4) is 5.75 Å². The first kappa shape index (κ1) is 19.1. The molecule has 2 rings (SSSR count). The molecule has 23 heavy (non-hydrogen) atoms. The number of anilines is 1. The monoisotopic (exact) mass is 366 g/mol. The Kier molecular flexibility index (Phi) is 6.23. The fourth-order valence-electron chi connectivity index (χ4n) is 1.76. The summed E-state index contributed by atoms with van der Waals surface area (Å²) in [7, 11) is 0. The number of rotatable bonds is 3. The van der Waals surface area contributed by atoms with Gasteiger partial charge < -0.3 is 22.8 Å². The Labute approximate surface area is 140 Å². The number of aromatic nitrogens is 1. The maximum absolute atomic E-state index is 12.6. The van der Waals surface area contributed by atoms with Crippen LogP contribution in [0.2, 0.25) is 5.02 Å². The lowest BCUT2D eigenvalue weighted by Gasteiger charge is -2.10. The quantitative estimate of drug-likeness (QED) is 0.751. The highest BCUT2D eigenvalue weighted by Crippen LogP contribution is 2.33. The third kappa shape index (κ3) is 5.30. The molecule has 1 aromatic heterocycles. The summed E-state index contributed by atoms with van der Waals surface area (Å²) in [6.45, 7) is -0.180. The summed E-state index contributed by atoms with van der Waals surface area (Å²) in [6.07, 6.45) is -1.68. The normalized spacial score (nSPS) is 10.8.